The molecule has 1 atom stereocenters. The largest absolute Gasteiger partial charge is 1.00 e. The number of quaternary nitrogens is 1. The van der Waals surface area contributed by atoms with Crippen molar-refractivity contribution in [2.75, 3.05) is 31.5 Å². The minimum absolute atomic E-state index is 0. The fourth-order valence-electron chi connectivity index (χ4n) is 2.91. The summed E-state index contributed by atoms with van der Waals surface area (Å²) in [6, 6.07) is 0. The molecule has 0 aromatic carbocycles. The Bertz CT molecular complexity index is 190. The zero-order valence-electron chi connectivity index (χ0n) is 14.1. The second-order valence-corrected chi connectivity index (χ2v) is 6.84. The van der Waals surface area contributed by atoms with E-state index in [1.54, 1.807) is 0 Å². The average Bonchev–Trinajstić information content (AvgIpc) is 2.42. The molecule has 0 aliphatic rings. The van der Waals surface area contributed by atoms with E-state index in [0.717, 1.165) is 5.33 Å². The number of halogens is 2. The van der Waals surface area contributed by atoms with Crippen LogP contribution in [0.1, 0.15) is 78.6 Å². The standard InChI is InChI=1S/C17H37BrN.ClH/c1-4-7-10-12-16-19(17-13-18,14-9-6-3)15-11-8-5-2;/h4-17H2,1-3H3;1H/q+1;/p-1. The number of alkyl halides is 1. The maximum Gasteiger partial charge on any atom is 0.0885 e. The Kier molecular flexibility index (Phi) is 18.5. The molecule has 0 rings (SSSR count). The maximum atomic E-state index is 3.69. The fraction of sp³-hybridized carbons (Fsp3) is 1.00. The normalized spacial score (nSPS) is 13.8. The highest BCUT2D eigenvalue weighted by Gasteiger charge is 2.24. The van der Waals surface area contributed by atoms with Crippen LogP contribution in [0.15, 0.2) is 0 Å². The second kappa shape index (κ2) is 16.1. The lowest BCUT2D eigenvalue weighted by Gasteiger charge is -2.39. The van der Waals surface area contributed by atoms with E-state index < -0.39 is 0 Å². The summed E-state index contributed by atoms with van der Waals surface area (Å²) in [5.41, 5.74) is 0. The van der Waals surface area contributed by atoms with Gasteiger partial charge in [-0.15, -0.1) is 0 Å². The van der Waals surface area contributed by atoms with Gasteiger partial charge < -0.3 is 16.9 Å². The molecule has 0 radical (unpaired) electrons. The molecule has 0 fully saturated rings. The SMILES string of the molecule is CCCCCC[N+](CCBr)(CCCC)CCCCC.[Cl-]. The summed E-state index contributed by atoms with van der Waals surface area (Å²) in [4.78, 5) is 0. The molecular formula is C17H37BrClN. The molecule has 0 aliphatic heterocycles. The molecule has 3 heteroatoms. The summed E-state index contributed by atoms with van der Waals surface area (Å²) in [5.74, 6) is 0. The van der Waals surface area contributed by atoms with Gasteiger partial charge in [0.05, 0.1) is 31.5 Å². The Balaban J connectivity index is 0. The number of hydrogen-bond acceptors (Lipinski definition) is 0. The molecule has 0 amide bonds. The molecule has 0 N–H and O–H groups in total. The van der Waals surface area contributed by atoms with Gasteiger partial charge in [0.25, 0.3) is 0 Å². The van der Waals surface area contributed by atoms with E-state index in [1.165, 1.54) is 88.4 Å². The van der Waals surface area contributed by atoms with E-state index in [2.05, 4.69) is 36.7 Å². The second-order valence-electron chi connectivity index (χ2n) is 6.05. The molecule has 124 valence electrons. The molecule has 0 aromatic rings. The lowest BCUT2D eigenvalue weighted by atomic mass is 10.1. The van der Waals surface area contributed by atoms with Gasteiger partial charge in [0, 0.05) is 0 Å². The topological polar surface area (TPSA) is 0 Å². The first-order valence-corrected chi connectivity index (χ1v) is 9.77. The van der Waals surface area contributed by atoms with Crippen molar-refractivity contribution in [2.24, 2.45) is 0 Å². The molecule has 0 aromatic heterocycles. The van der Waals surface area contributed by atoms with Crippen LogP contribution in [0, 0.1) is 0 Å². The van der Waals surface area contributed by atoms with Gasteiger partial charge >= 0.3 is 0 Å². The van der Waals surface area contributed by atoms with Crippen LogP contribution in [-0.4, -0.2) is 36.0 Å². The van der Waals surface area contributed by atoms with Gasteiger partial charge in [-0.1, -0.05) is 62.4 Å². The highest BCUT2D eigenvalue weighted by molar-refractivity contribution is 9.09. The summed E-state index contributed by atoms with van der Waals surface area (Å²) in [5, 5.41) is 1.16. The number of unbranched alkanes of at least 4 members (excludes halogenated alkanes) is 6. The predicted octanol–water partition coefficient (Wildman–Crippen LogP) is 2.77. The molecule has 1 nitrogen and oxygen atoms in total. The third-order valence-electron chi connectivity index (χ3n) is 4.27. The van der Waals surface area contributed by atoms with E-state index in [9.17, 15) is 0 Å². The van der Waals surface area contributed by atoms with E-state index in [1.807, 2.05) is 0 Å². The quantitative estimate of drug-likeness (QED) is 0.250. The number of rotatable bonds is 14. The molecule has 20 heavy (non-hydrogen) atoms. The van der Waals surface area contributed by atoms with Gasteiger partial charge in [-0.05, 0) is 32.1 Å². The van der Waals surface area contributed by atoms with E-state index in [-0.39, 0.29) is 12.4 Å². The van der Waals surface area contributed by atoms with Gasteiger partial charge in [0.2, 0.25) is 0 Å². The van der Waals surface area contributed by atoms with Crippen LogP contribution in [0.25, 0.3) is 0 Å². The van der Waals surface area contributed by atoms with Crippen molar-refractivity contribution in [1.29, 1.82) is 0 Å². The maximum absolute atomic E-state index is 3.69. The molecule has 0 heterocycles. The zero-order chi connectivity index (χ0) is 14.4. The van der Waals surface area contributed by atoms with Crippen LogP contribution in [-0.2, 0) is 0 Å². The molecular weight excluding hydrogens is 334 g/mol. The van der Waals surface area contributed by atoms with E-state index in [0.29, 0.717) is 0 Å². The monoisotopic (exact) mass is 369 g/mol. The summed E-state index contributed by atoms with van der Waals surface area (Å²) >= 11 is 3.69. The molecule has 0 saturated carbocycles. The fourth-order valence-corrected chi connectivity index (χ4v) is 3.67. The molecule has 0 bridgehead atoms. The average molecular weight is 371 g/mol. The van der Waals surface area contributed by atoms with Crippen molar-refractivity contribution in [3.63, 3.8) is 0 Å². The van der Waals surface area contributed by atoms with Gasteiger partial charge in [-0.3, -0.25) is 0 Å². The number of nitrogens with zero attached hydrogens (tertiary/aromatic N) is 1. The van der Waals surface area contributed by atoms with Crippen LogP contribution < -0.4 is 12.4 Å². The highest BCUT2D eigenvalue weighted by Crippen LogP contribution is 2.16. The summed E-state index contributed by atoms with van der Waals surface area (Å²) < 4.78 is 1.38. The minimum atomic E-state index is 0. The van der Waals surface area contributed by atoms with Crippen LogP contribution in [0.4, 0.5) is 0 Å². The minimum Gasteiger partial charge on any atom is -1.00 e. The Morgan fingerprint density at radius 2 is 1.05 bits per heavy atom. The third-order valence-corrected chi connectivity index (χ3v) is 4.62. The van der Waals surface area contributed by atoms with Crippen LogP contribution in [0.2, 0.25) is 0 Å². The summed E-state index contributed by atoms with van der Waals surface area (Å²) in [6.07, 6.45) is 12.5. The molecule has 0 saturated heterocycles. The lowest BCUT2D eigenvalue weighted by molar-refractivity contribution is -0.926. The first-order valence-electron chi connectivity index (χ1n) is 8.65. The smallest absolute Gasteiger partial charge is 0.0885 e. The lowest BCUT2D eigenvalue weighted by Crippen LogP contribution is -3.00. The van der Waals surface area contributed by atoms with Gasteiger partial charge in [-0.2, -0.15) is 0 Å². The van der Waals surface area contributed by atoms with E-state index >= 15 is 0 Å². The Hall–Kier alpha value is 0.730. The van der Waals surface area contributed by atoms with Crippen LogP contribution in [0.5, 0.6) is 0 Å². The van der Waals surface area contributed by atoms with Crippen molar-refractivity contribution in [3.8, 4) is 0 Å². The van der Waals surface area contributed by atoms with Crippen LogP contribution in [0.3, 0.4) is 0 Å². The van der Waals surface area contributed by atoms with Crippen molar-refractivity contribution >= 4 is 15.9 Å². The molecule has 0 spiro atoms. The first kappa shape index (κ1) is 23.0. The Morgan fingerprint density at radius 1 is 0.600 bits per heavy atom. The van der Waals surface area contributed by atoms with Crippen molar-refractivity contribution in [1.82, 2.24) is 0 Å². The van der Waals surface area contributed by atoms with Gasteiger partial charge in [0.15, 0.2) is 0 Å². The van der Waals surface area contributed by atoms with Gasteiger partial charge in [0.1, 0.15) is 0 Å². The Morgan fingerprint density at radius 3 is 1.55 bits per heavy atom. The first-order chi connectivity index (χ1) is 9.24. The van der Waals surface area contributed by atoms with E-state index in [4.69, 9.17) is 0 Å². The third kappa shape index (κ3) is 11.4. The highest BCUT2D eigenvalue weighted by atomic mass is 79.9. The van der Waals surface area contributed by atoms with Gasteiger partial charge in [-0.25, -0.2) is 0 Å². The van der Waals surface area contributed by atoms with Crippen molar-refractivity contribution in [3.05, 3.63) is 0 Å². The summed E-state index contributed by atoms with van der Waals surface area (Å²) in [6.45, 7) is 12.5. The predicted molar refractivity (Wildman–Crippen MR) is 92.1 cm³/mol. The Labute approximate surface area is 143 Å². The number of hydrogen-bond donors (Lipinski definition) is 0. The molecule has 0 aliphatic carbocycles. The van der Waals surface area contributed by atoms with Crippen molar-refractivity contribution in [2.45, 2.75) is 78.6 Å². The molecule has 1 unspecified atom stereocenters. The summed E-state index contributed by atoms with van der Waals surface area (Å²) in [7, 11) is 0. The zero-order valence-corrected chi connectivity index (χ0v) is 16.4. The van der Waals surface area contributed by atoms with Crippen LogP contribution >= 0.6 is 15.9 Å². The van der Waals surface area contributed by atoms with Crippen molar-refractivity contribution < 1.29 is 16.9 Å².